The molecule has 1 heterocycles. The number of rotatable bonds is 3. The Kier molecular flexibility index (Phi) is 4.94. The fourth-order valence-electron chi connectivity index (χ4n) is 3.10. The molecule has 1 N–H and O–H groups in total. The third kappa shape index (κ3) is 3.82. The first kappa shape index (κ1) is 16.2. The number of para-hydroxylation sites is 1. The molecule has 1 fully saturated rings. The lowest BCUT2D eigenvalue weighted by Crippen LogP contribution is -2.43. The Bertz CT molecular complexity index is 727. The van der Waals surface area contributed by atoms with Crippen molar-refractivity contribution < 1.29 is 9.59 Å². The summed E-state index contributed by atoms with van der Waals surface area (Å²) in [6.45, 7) is 3.16. The Morgan fingerprint density at radius 1 is 1.08 bits per heavy atom. The highest BCUT2D eigenvalue weighted by atomic mass is 16.2. The van der Waals surface area contributed by atoms with Crippen LogP contribution in [0.4, 0.5) is 5.69 Å². The first-order chi connectivity index (χ1) is 11.6. The van der Waals surface area contributed by atoms with Crippen molar-refractivity contribution in [3.05, 3.63) is 65.7 Å². The zero-order valence-electron chi connectivity index (χ0n) is 13.9. The largest absolute Gasteiger partial charge is 0.338 e. The molecule has 4 heteroatoms. The van der Waals surface area contributed by atoms with Crippen molar-refractivity contribution in [3.8, 4) is 0 Å². The number of carbonyl (C=O) groups excluding carboxylic acids is 2. The summed E-state index contributed by atoms with van der Waals surface area (Å²) in [5.41, 5.74) is 2.56. The zero-order valence-corrected chi connectivity index (χ0v) is 13.9. The van der Waals surface area contributed by atoms with Crippen LogP contribution in [0.25, 0.3) is 0 Å². The van der Waals surface area contributed by atoms with Gasteiger partial charge in [0.1, 0.15) is 0 Å². The molecule has 0 bridgehead atoms. The summed E-state index contributed by atoms with van der Waals surface area (Å²) < 4.78 is 0. The molecule has 0 aromatic heterocycles. The molecule has 4 nitrogen and oxygen atoms in total. The Morgan fingerprint density at radius 3 is 2.62 bits per heavy atom. The Balaban J connectivity index is 1.65. The van der Waals surface area contributed by atoms with E-state index in [9.17, 15) is 9.59 Å². The summed E-state index contributed by atoms with van der Waals surface area (Å²) in [5.74, 6) is -0.161. The Labute approximate surface area is 142 Å². The van der Waals surface area contributed by atoms with E-state index in [2.05, 4.69) is 5.32 Å². The monoisotopic (exact) mass is 322 g/mol. The van der Waals surface area contributed by atoms with Gasteiger partial charge in [-0.15, -0.1) is 0 Å². The molecule has 1 saturated heterocycles. The third-order valence-corrected chi connectivity index (χ3v) is 4.39. The highest BCUT2D eigenvalue weighted by molar-refractivity contribution is 5.96. The first-order valence-corrected chi connectivity index (χ1v) is 8.35. The van der Waals surface area contributed by atoms with Crippen LogP contribution < -0.4 is 5.32 Å². The van der Waals surface area contributed by atoms with Gasteiger partial charge >= 0.3 is 0 Å². The maximum Gasteiger partial charge on any atom is 0.253 e. The van der Waals surface area contributed by atoms with Crippen molar-refractivity contribution in [1.82, 2.24) is 4.90 Å². The Morgan fingerprint density at radius 2 is 1.88 bits per heavy atom. The van der Waals surface area contributed by atoms with Crippen molar-refractivity contribution in [2.75, 3.05) is 18.4 Å². The molecule has 24 heavy (non-hydrogen) atoms. The second kappa shape index (κ2) is 7.30. The molecule has 1 aliphatic rings. The summed E-state index contributed by atoms with van der Waals surface area (Å²) in [4.78, 5) is 26.9. The maximum absolute atomic E-state index is 12.7. The van der Waals surface area contributed by atoms with Crippen LogP contribution >= 0.6 is 0 Å². The predicted octanol–water partition coefficient (Wildman–Crippen LogP) is 3.49. The lowest BCUT2D eigenvalue weighted by atomic mass is 9.96. The van der Waals surface area contributed by atoms with E-state index in [1.165, 1.54) is 0 Å². The number of nitrogens with one attached hydrogen (secondary N) is 1. The molecule has 2 aromatic carbocycles. The number of anilines is 1. The predicted molar refractivity (Wildman–Crippen MR) is 94.9 cm³/mol. The van der Waals surface area contributed by atoms with Crippen LogP contribution in [0.15, 0.2) is 54.6 Å². The normalized spacial score (nSPS) is 17.4. The number of carbonyl (C=O) groups is 2. The highest BCUT2D eigenvalue weighted by Gasteiger charge is 2.29. The van der Waals surface area contributed by atoms with Crippen LogP contribution in [0.1, 0.15) is 28.8 Å². The van der Waals surface area contributed by atoms with Crippen LogP contribution in [0.5, 0.6) is 0 Å². The van der Waals surface area contributed by atoms with Gasteiger partial charge in [0.15, 0.2) is 0 Å². The number of hydrogen-bond donors (Lipinski definition) is 1. The number of hydrogen-bond acceptors (Lipinski definition) is 2. The van der Waals surface area contributed by atoms with Gasteiger partial charge in [0, 0.05) is 24.3 Å². The molecule has 0 spiro atoms. The van der Waals surface area contributed by atoms with Crippen LogP contribution in [-0.2, 0) is 4.79 Å². The van der Waals surface area contributed by atoms with Crippen molar-refractivity contribution in [2.45, 2.75) is 19.8 Å². The van der Waals surface area contributed by atoms with Gasteiger partial charge in [0.05, 0.1) is 5.92 Å². The van der Waals surface area contributed by atoms with Crippen molar-refractivity contribution in [1.29, 1.82) is 0 Å². The van der Waals surface area contributed by atoms with Gasteiger partial charge in [0.2, 0.25) is 5.91 Å². The average Bonchev–Trinajstić information content (AvgIpc) is 2.62. The van der Waals surface area contributed by atoms with Crippen molar-refractivity contribution in [3.63, 3.8) is 0 Å². The molecule has 2 amide bonds. The number of aryl methyl sites for hydroxylation is 1. The second-order valence-electron chi connectivity index (χ2n) is 6.32. The van der Waals surface area contributed by atoms with Crippen LogP contribution in [0.3, 0.4) is 0 Å². The number of amides is 2. The van der Waals surface area contributed by atoms with Gasteiger partial charge in [-0.1, -0.05) is 35.9 Å². The molecule has 1 aliphatic heterocycles. The molecule has 1 unspecified atom stereocenters. The number of piperidine rings is 1. The fourth-order valence-corrected chi connectivity index (χ4v) is 3.10. The number of benzene rings is 2. The van der Waals surface area contributed by atoms with E-state index >= 15 is 0 Å². The van der Waals surface area contributed by atoms with Crippen molar-refractivity contribution in [2.24, 2.45) is 5.92 Å². The van der Waals surface area contributed by atoms with Gasteiger partial charge in [-0.3, -0.25) is 9.59 Å². The highest BCUT2D eigenvalue weighted by Crippen LogP contribution is 2.21. The topological polar surface area (TPSA) is 49.4 Å². The summed E-state index contributed by atoms with van der Waals surface area (Å²) in [5, 5.41) is 2.94. The van der Waals surface area contributed by atoms with E-state index in [-0.39, 0.29) is 17.7 Å². The summed E-state index contributed by atoms with van der Waals surface area (Å²) in [7, 11) is 0. The molecule has 2 aromatic rings. The number of likely N-dealkylation sites (tertiary alicyclic amines) is 1. The second-order valence-corrected chi connectivity index (χ2v) is 6.32. The van der Waals surface area contributed by atoms with Crippen LogP contribution in [0, 0.1) is 12.8 Å². The third-order valence-electron chi connectivity index (χ3n) is 4.39. The van der Waals surface area contributed by atoms with Crippen LogP contribution in [-0.4, -0.2) is 29.8 Å². The summed E-state index contributed by atoms with van der Waals surface area (Å²) in [6.07, 6.45) is 1.67. The standard InChI is InChI=1S/C20H22N2O2/c1-15-7-5-8-16(13-15)20(24)22-12-6-9-17(14-22)19(23)21-18-10-3-2-4-11-18/h2-5,7-8,10-11,13,17H,6,9,12,14H2,1H3,(H,21,23). The lowest BCUT2D eigenvalue weighted by Gasteiger charge is -2.32. The van der Waals surface area contributed by atoms with E-state index in [1.807, 2.05) is 61.5 Å². The molecule has 0 radical (unpaired) electrons. The Hall–Kier alpha value is -2.62. The van der Waals surface area contributed by atoms with Crippen LogP contribution in [0.2, 0.25) is 0 Å². The molecule has 124 valence electrons. The van der Waals surface area contributed by atoms with E-state index < -0.39 is 0 Å². The molecule has 3 rings (SSSR count). The molecule has 0 saturated carbocycles. The summed E-state index contributed by atoms with van der Waals surface area (Å²) in [6, 6.07) is 17.0. The first-order valence-electron chi connectivity index (χ1n) is 8.35. The molecule has 1 atom stereocenters. The summed E-state index contributed by atoms with van der Waals surface area (Å²) >= 11 is 0. The van der Waals surface area contributed by atoms with Gasteiger partial charge in [0.25, 0.3) is 5.91 Å². The minimum Gasteiger partial charge on any atom is -0.338 e. The van der Waals surface area contributed by atoms with E-state index in [0.29, 0.717) is 18.7 Å². The molecular formula is C20H22N2O2. The van der Waals surface area contributed by atoms with E-state index in [1.54, 1.807) is 4.90 Å². The smallest absolute Gasteiger partial charge is 0.253 e. The fraction of sp³-hybridized carbons (Fsp3) is 0.300. The molecule has 0 aliphatic carbocycles. The lowest BCUT2D eigenvalue weighted by molar-refractivity contribution is -0.121. The van der Waals surface area contributed by atoms with Gasteiger partial charge in [-0.25, -0.2) is 0 Å². The minimum atomic E-state index is -0.160. The van der Waals surface area contributed by atoms with Gasteiger partial charge < -0.3 is 10.2 Å². The maximum atomic E-state index is 12.7. The van der Waals surface area contributed by atoms with Gasteiger partial charge in [-0.05, 0) is 44.0 Å². The molecular weight excluding hydrogens is 300 g/mol. The van der Waals surface area contributed by atoms with E-state index in [4.69, 9.17) is 0 Å². The minimum absolute atomic E-state index is 0.0101. The average molecular weight is 322 g/mol. The number of nitrogens with zero attached hydrogens (tertiary/aromatic N) is 1. The van der Waals surface area contributed by atoms with Gasteiger partial charge in [-0.2, -0.15) is 0 Å². The zero-order chi connectivity index (χ0) is 16.9. The van der Waals surface area contributed by atoms with Crippen molar-refractivity contribution >= 4 is 17.5 Å². The SMILES string of the molecule is Cc1cccc(C(=O)N2CCCC(C(=O)Nc3ccccc3)C2)c1. The quantitative estimate of drug-likeness (QED) is 0.940. The van der Waals surface area contributed by atoms with E-state index in [0.717, 1.165) is 24.1 Å².